The molecule has 0 spiro atoms. The maximum absolute atomic E-state index is 12.9. The van der Waals surface area contributed by atoms with Crippen molar-refractivity contribution in [2.75, 3.05) is 24.6 Å². The van der Waals surface area contributed by atoms with Crippen LogP contribution in [0.3, 0.4) is 0 Å². The summed E-state index contributed by atoms with van der Waals surface area (Å²) in [6.45, 7) is 4.11. The molecule has 0 aliphatic heterocycles. The Morgan fingerprint density at radius 3 is 1.41 bits per heavy atom. The standard InChI is InChI=1S/C19H40F3O3PS/c1-5-9-10-11-12-13-14-15-16-17-18-26(6-2,7-3,8-4)25-27(23,24)19(20,21)22/h5-18H2,1-4H3. The van der Waals surface area contributed by atoms with Crippen LogP contribution in [0, 0.1) is 0 Å². The molecule has 0 N–H and O–H groups in total. The molecule has 0 fully saturated rings. The molecule has 0 amide bonds. The van der Waals surface area contributed by atoms with Crippen LogP contribution >= 0.6 is 6.83 Å². The van der Waals surface area contributed by atoms with Crippen molar-refractivity contribution in [3.63, 3.8) is 0 Å². The Morgan fingerprint density at radius 2 is 1.07 bits per heavy atom. The molecule has 0 bridgehead atoms. The zero-order valence-electron chi connectivity index (χ0n) is 17.6. The Balaban J connectivity index is 4.63. The summed E-state index contributed by atoms with van der Waals surface area (Å²) in [7, 11) is -5.55. The molecule has 0 heterocycles. The van der Waals surface area contributed by atoms with Gasteiger partial charge in [-0.05, 0) is 0 Å². The van der Waals surface area contributed by atoms with E-state index in [1.807, 2.05) is 0 Å². The van der Waals surface area contributed by atoms with Crippen LogP contribution in [0.25, 0.3) is 0 Å². The summed E-state index contributed by atoms with van der Waals surface area (Å²) >= 11 is 0. The number of hydrogen-bond donors (Lipinski definition) is 0. The van der Waals surface area contributed by atoms with E-state index in [2.05, 4.69) is 6.92 Å². The van der Waals surface area contributed by atoms with E-state index < -0.39 is 22.5 Å². The van der Waals surface area contributed by atoms with Crippen molar-refractivity contribution in [1.29, 1.82) is 0 Å². The van der Waals surface area contributed by atoms with Gasteiger partial charge in [0.05, 0.1) is 0 Å². The summed E-state index contributed by atoms with van der Waals surface area (Å²) in [6.07, 6.45) is 12.9. The molecule has 0 unspecified atom stereocenters. The normalized spacial score (nSPS) is 14.9. The molecule has 27 heavy (non-hydrogen) atoms. The van der Waals surface area contributed by atoms with Crippen molar-refractivity contribution in [3.8, 4) is 0 Å². The van der Waals surface area contributed by atoms with Gasteiger partial charge in [0.15, 0.2) is 0 Å². The Hall–Kier alpha value is 0.130. The molecule has 0 aromatic heterocycles. The molecule has 0 aliphatic rings. The van der Waals surface area contributed by atoms with Gasteiger partial charge in [0, 0.05) is 0 Å². The van der Waals surface area contributed by atoms with E-state index in [9.17, 15) is 21.6 Å². The Morgan fingerprint density at radius 1 is 0.704 bits per heavy atom. The van der Waals surface area contributed by atoms with Gasteiger partial charge in [-0.3, -0.25) is 0 Å². The third-order valence-electron chi connectivity index (χ3n) is 6.07. The van der Waals surface area contributed by atoms with Crippen molar-refractivity contribution in [1.82, 2.24) is 0 Å². The fourth-order valence-electron chi connectivity index (χ4n) is 3.66. The van der Waals surface area contributed by atoms with Crippen molar-refractivity contribution in [3.05, 3.63) is 0 Å². The minimum absolute atomic E-state index is 0.366. The van der Waals surface area contributed by atoms with Crippen LogP contribution in [0.15, 0.2) is 0 Å². The minimum atomic E-state index is -5.55. The van der Waals surface area contributed by atoms with E-state index in [1.165, 1.54) is 38.5 Å². The predicted octanol–water partition coefficient (Wildman–Crippen LogP) is 7.30. The molecular formula is C19H40F3O3PS. The third-order valence-corrected chi connectivity index (χ3v) is 15.4. The summed E-state index contributed by atoms with van der Waals surface area (Å²) in [5.41, 5.74) is -5.35. The number of rotatable bonds is 16. The molecular weight excluding hydrogens is 396 g/mol. The summed E-state index contributed by atoms with van der Waals surface area (Å²) in [5, 5.41) is 0. The van der Waals surface area contributed by atoms with Gasteiger partial charge >= 0.3 is 165 Å². The van der Waals surface area contributed by atoms with E-state index in [4.69, 9.17) is 3.97 Å². The van der Waals surface area contributed by atoms with Gasteiger partial charge in [-0.2, -0.15) is 0 Å². The van der Waals surface area contributed by atoms with E-state index in [0.717, 1.165) is 25.7 Å². The van der Waals surface area contributed by atoms with Crippen LogP contribution in [-0.2, 0) is 14.1 Å². The summed E-state index contributed by atoms with van der Waals surface area (Å²) < 4.78 is 67.2. The van der Waals surface area contributed by atoms with E-state index in [-0.39, 0.29) is 0 Å². The van der Waals surface area contributed by atoms with Gasteiger partial charge in [-0.15, -0.1) is 0 Å². The Bertz CT molecular complexity index is 492. The van der Waals surface area contributed by atoms with Crippen molar-refractivity contribution >= 4 is 16.9 Å². The van der Waals surface area contributed by atoms with E-state index >= 15 is 0 Å². The molecule has 0 radical (unpaired) electrons. The second-order valence-corrected chi connectivity index (χ2v) is 15.7. The van der Waals surface area contributed by atoms with Crippen LogP contribution < -0.4 is 0 Å². The second kappa shape index (κ2) is 12.0. The number of alkyl halides is 3. The monoisotopic (exact) mass is 436 g/mol. The number of hydrogen-bond acceptors (Lipinski definition) is 3. The third kappa shape index (κ3) is 8.57. The quantitative estimate of drug-likeness (QED) is 0.145. The van der Waals surface area contributed by atoms with Crippen LogP contribution in [0.4, 0.5) is 13.2 Å². The zero-order valence-corrected chi connectivity index (χ0v) is 19.3. The van der Waals surface area contributed by atoms with Crippen molar-refractivity contribution in [2.24, 2.45) is 0 Å². The van der Waals surface area contributed by atoms with Gasteiger partial charge < -0.3 is 0 Å². The van der Waals surface area contributed by atoms with E-state index in [1.54, 1.807) is 20.8 Å². The molecule has 0 rings (SSSR count). The van der Waals surface area contributed by atoms with Gasteiger partial charge in [0.1, 0.15) is 0 Å². The maximum atomic E-state index is 12.9. The van der Waals surface area contributed by atoms with Crippen LogP contribution in [0.1, 0.15) is 91.9 Å². The molecule has 8 heteroatoms. The number of halogens is 3. The molecule has 166 valence electrons. The van der Waals surface area contributed by atoms with Gasteiger partial charge in [0.2, 0.25) is 0 Å². The van der Waals surface area contributed by atoms with Gasteiger partial charge in [-0.1, -0.05) is 0 Å². The topological polar surface area (TPSA) is 43.4 Å². The molecule has 0 atom stereocenters. The predicted molar refractivity (Wildman–Crippen MR) is 111 cm³/mol. The second-order valence-electron chi connectivity index (χ2n) is 7.69. The average molecular weight is 437 g/mol. The van der Waals surface area contributed by atoms with Crippen molar-refractivity contribution < 1.29 is 25.6 Å². The van der Waals surface area contributed by atoms with Crippen molar-refractivity contribution in [2.45, 2.75) is 97.4 Å². The summed E-state index contributed by atoms with van der Waals surface area (Å²) in [5.74, 6) is 0. The van der Waals surface area contributed by atoms with Crippen LogP contribution in [0.5, 0.6) is 0 Å². The molecule has 0 saturated heterocycles. The first-order chi connectivity index (χ1) is 12.5. The number of unbranched alkanes of at least 4 members (excludes halogenated alkanes) is 9. The Labute approximate surface area is 165 Å². The van der Waals surface area contributed by atoms with E-state index in [0.29, 0.717) is 24.6 Å². The van der Waals surface area contributed by atoms with Crippen LogP contribution in [-0.4, -0.2) is 38.6 Å². The Kier molecular flexibility index (Phi) is 12.0. The fraction of sp³-hybridized carbons (Fsp3) is 1.00. The SMILES string of the molecule is CCCCCCCCCCCCP(CC)(CC)(CC)OS(=O)(=O)C(F)(F)F. The summed E-state index contributed by atoms with van der Waals surface area (Å²) in [4.78, 5) is 0. The first-order valence-electron chi connectivity index (χ1n) is 10.5. The zero-order chi connectivity index (χ0) is 21.1. The van der Waals surface area contributed by atoms with Crippen LogP contribution in [0.2, 0.25) is 0 Å². The molecule has 0 aromatic carbocycles. The molecule has 0 saturated carbocycles. The molecule has 3 nitrogen and oxygen atoms in total. The first-order valence-corrected chi connectivity index (χ1v) is 14.9. The average Bonchev–Trinajstić information content (AvgIpc) is 2.61. The van der Waals surface area contributed by atoms with Gasteiger partial charge in [-0.25, -0.2) is 0 Å². The molecule has 0 aliphatic carbocycles. The van der Waals surface area contributed by atoms with Gasteiger partial charge in [0.25, 0.3) is 0 Å². The summed E-state index contributed by atoms with van der Waals surface area (Å²) in [6, 6.07) is 0. The molecule has 0 aromatic rings. The first kappa shape index (κ1) is 27.1. The fourth-order valence-corrected chi connectivity index (χ4v) is 11.1.